The van der Waals surface area contributed by atoms with Crippen LogP contribution in [0.5, 0.6) is 0 Å². The van der Waals surface area contributed by atoms with Crippen molar-refractivity contribution in [1.29, 1.82) is 0 Å². The first kappa shape index (κ1) is 19.3. The SMILES string of the molecule is CC(=O)NC12CC3CC(C1)CC(C(=O)N1CCCC(c4nc5ccccc5[nH]4)C1)(C3)C2. The predicted molar refractivity (Wildman–Crippen MR) is 118 cm³/mol. The number of piperidine rings is 1. The summed E-state index contributed by atoms with van der Waals surface area (Å²) in [6, 6.07) is 8.15. The molecule has 2 aromatic rings. The zero-order valence-corrected chi connectivity index (χ0v) is 18.3. The van der Waals surface area contributed by atoms with Gasteiger partial charge < -0.3 is 15.2 Å². The highest BCUT2D eigenvalue weighted by Gasteiger charge is 2.61. The first-order valence-electron chi connectivity index (χ1n) is 12.0. The summed E-state index contributed by atoms with van der Waals surface area (Å²) in [6.45, 7) is 3.22. The molecule has 4 saturated carbocycles. The number of nitrogens with one attached hydrogen (secondary N) is 2. The van der Waals surface area contributed by atoms with Crippen molar-refractivity contribution in [2.45, 2.75) is 69.7 Å². The normalized spacial score (nSPS) is 36.7. The highest BCUT2D eigenvalue weighted by atomic mass is 16.2. The van der Waals surface area contributed by atoms with Crippen LogP contribution < -0.4 is 5.32 Å². The summed E-state index contributed by atoms with van der Waals surface area (Å²) >= 11 is 0. The van der Waals surface area contributed by atoms with Gasteiger partial charge in [-0.1, -0.05) is 12.1 Å². The van der Waals surface area contributed by atoms with E-state index in [9.17, 15) is 9.59 Å². The van der Waals surface area contributed by atoms with E-state index in [1.54, 1.807) is 6.92 Å². The highest BCUT2D eigenvalue weighted by molar-refractivity contribution is 5.84. The van der Waals surface area contributed by atoms with Crippen LogP contribution in [0.1, 0.15) is 70.0 Å². The van der Waals surface area contributed by atoms with E-state index in [1.165, 1.54) is 6.42 Å². The molecule has 6 nitrogen and oxygen atoms in total. The Morgan fingerprint density at radius 2 is 1.94 bits per heavy atom. The molecule has 7 rings (SSSR count). The van der Waals surface area contributed by atoms with Crippen molar-refractivity contribution in [3.63, 3.8) is 0 Å². The van der Waals surface area contributed by atoms with E-state index >= 15 is 0 Å². The molecule has 5 fully saturated rings. The summed E-state index contributed by atoms with van der Waals surface area (Å²) in [5.74, 6) is 2.83. The fourth-order valence-electron chi connectivity index (χ4n) is 7.92. The Hall–Kier alpha value is -2.37. The topological polar surface area (TPSA) is 78.1 Å². The minimum Gasteiger partial charge on any atom is -0.351 e. The van der Waals surface area contributed by atoms with Crippen molar-refractivity contribution in [3.8, 4) is 0 Å². The van der Waals surface area contributed by atoms with Gasteiger partial charge in [0.25, 0.3) is 0 Å². The summed E-state index contributed by atoms with van der Waals surface area (Å²) in [6.07, 6.45) is 8.28. The third-order valence-corrected chi connectivity index (χ3v) is 8.46. The maximum atomic E-state index is 14.0. The molecule has 4 bridgehead atoms. The Morgan fingerprint density at radius 1 is 1.16 bits per heavy atom. The van der Waals surface area contributed by atoms with E-state index in [2.05, 4.69) is 21.3 Å². The molecule has 1 saturated heterocycles. The highest BCUT2D eigenvalue weighted by Crippen LogP contribution is 2.62. The van der Waals surface area contributed by atoms with Crippen molar-refractivity contribution >= 4 is 22.8 Å². The van der Waals surface area contributed by atoms with Crippen LogP contribution in [0.15, 0.2) is 24.3 Å². The number of H-pyrrole nitrogens is 1. The molecule has 0 radical (unpaired) electrons. The quantitative estimate of drug-likeness (QED) is 0.794. The van der Waals surface area contributed by atoms with E-state index < -0.39 is 0 Å². The molecule has 2 heterocycles. The largest absolute Gasteiger partial charge is 0.351 e. The van der Waals surface area contributed by atoms with Crippen molar-refractivity contribution < 1.29 is 9.59 Å². The van der Waals surface area contributed by atoms with Gasteiger partial charge in [-0.25, -0.2) is 4.98 Å². The molecule has 1 aromatic heterocycles. The number of benzene rings is 1. The van der Waals surface area contributed by atoms with Crippen LogP contribution in [-0.2, 0) is 9.59 Å². The molecule has 164 valence electrons. The Morgan fingerprint density at radius 3 is 2.68 bits per heavy atom. The molecule has 0 spiro atoms. The lowest BCUT2D eigenvalue weighted by molar-refractivity contribution is -0.164. The van der Waals surface area contributed by atoms with E-state index in [-0.39, 0.29) is 22.8 Å². The molecular formula is C25H32N4O2. The zero-order valence-electron chi connectivity index (χ0n) is 18.3. The van der Waals surface area contributed by atoms with Crippen molar-refractivity contribution in [1.82, 2.24) is 20.2 Å². The van der Waals surface area contributed by atoms with Crippen molar-refractivity contribution in [2.24, 2.45) is 17.3 Å². The second-order valence-electron chi connectivity index (χ2n) is 10.9. The van der Waals surface area contributed by atoms with Crippen LogP contribution >= 0.6 is 0 Å². The number of fused-ring (bicyclic) bond motifs is 1. The number of aromatic nitrogens is 2. The molecule has 3 unspecified atom stereocenters. The molecule has 6 heteroatoms. The van der Waals surface area contributed by atoms with Gasteiger partial charge in [-0.05, 0) is 75.3 Å². The number of nitrogens with zero attached hydrogens (tertiary/aromatic N) is 2. The molecule has 4 aliphatic carbocycles. The van der Waals surface area contributed by atoms with Gasteiger partial charge in [0, 0.05) is 31.5 Å². The molecule has 3 atom stereocenters. The summed E-state index contributed by atoms with van der Waals surface area (Å²) in [7, 11) is 0. The lowest BCUT2D eigenvalue weighted by Gasteiger charge is -2.62. The lowest BCUT2D eigenvalue weighted by atomic mass is 9.46. The number of carbonyl (C=O) groups is 2. The van der Waals surface area contributed by atoms with Gasteiger partial charge in [0.2, 0.25) is 11.8 Å². The zero-order chi connectivity index (χ0) is 21.2. The lowest BCUT2D eigenvalue weighted by Crippen LogP contribution is -2.66. The smallest absolute Gasteiger partial charge is 0.228 e. The molecule has 1 aliphatic heterocycles. The van der Waals surface area contributed by atoms with Crippen molar-refractivity contribution in [3.05, 3.63) is 30.1 Å². The van der Waals surface area contributed by atoms with E-state index in [0.29, 0.717) is 17.7 Å². The summed E-state index contributed by atoms with van der Waals surface area (Å²) in [5.41, 5.74) is 1.64. The fraction of sp³-hybridized carbons (Fsp3) is 0.640. The van der Waals surface area contributed by atoms with Gasteiger partial charge in [0.15, 0.2) is 0 Å². The number of likely N-dealkylation sites (tertiary alicyclic amines) is 1. The van der Waals surface area contributed by atoms with E-state index in [0.717, 1.165) is 74.9 Å². The molecule has 2 N–H and O–H groups in total. The Bertz CT molecular complexity index is 996. The van der Waals surface area contributed by atoms with Crippen LogP contribution in [0.2, 0.25) is 0 Å². The number of hydrogen-bond acceptors (Lipinski definition) is 3. The molecule has 1 aromatic carbocycles. The van der Waals surface area contributed by atoms with Gasteiger partial charge in [0.05, 0.1) is 16.4 Å². The standard InChI is InChI=1S/C25H32N4O2/c1-16(30)28-25-12-17-9-18(13-25)11-24(10-17,15-25)23(31)29-8-4-5-19(14-29)22-26-20-6-2-3-7-21(20)27-22/h2-3,6-7,17-19H,4-5,8-15H2,1H3,(H,26,27)(H,28,30). The number of para-hydroxylation sites is 2. The van der Waals surface area contributed by atoms with E-state index in [4.69, 9.17) is 4.98 Å². The van der Waals surface area contributed by atoms with Crippen molar-refractivity contribution in [2.75, 3.05) is 13.1 Å². The van der Waals surface area contributed by atoms with Crippen LogP contribution in [-0.4, -0.2) is 45.3 Å². The summed E-state index contributed by atoms with van der Waals surface area (Å²) < 4.78 is 0. The summed E-state index contributed by atoms with van der Waals surface area (Å²) in [4.78, 5) is 36.4. The second-order valence-corrected chi connectivity index (χ2v) is 10.9. The summed E-state index contributed by atoms with van der Waals surface area (Å²) in [5, 5.41) is 3.29. The number of imidazole rings is 1. The first-order valence-corrected chi connectivity index (χ1v) is 12.0. The Labute approximate surface area is 183 Å². The third kappa shape index (κ3) is 3.17. The molecular weight excluding hydrogens is 388 g/mol. The van der Waals surface area contributed by atoms with Crippen LogP contribution in [0, 0.1) is 17.3 Å². The van der Waals surface area contributed by atoms with Gasteiger partial charge in [-0.3, -0.25) is 9.59 Å². The number of carbonyl (C=O) groups excluding carboxylic acids is 2. The van der Waals surface area contributed by atoms with Gasteiger partial charge in [-0.15, -0.1) is 0 Å². The third-order valence-electron chi connectivity index (χ3n) is 8.46. The predicted octanol–water partition coefficient (Wildman–Crippen LogP) is 3.74. The minimum atomic E-state index is -0.275. The number of hydrogen-bond donors (Lipinski definition) is 2. The maximum absolute atomic E-state index is 14.0. The van der Waals surface area contributed by atoms with Crippen LogP contribution in [0.4, 0.5) is 0 Å². The van der Waals surface area contributed by atoms with Gasteiger partial charge in [-0.2, -0.15) is 0 Å². The number of rotatable bonds is 3. The molecule has 2 amide bonds. The molecule has 5 aliphatic rings. The van der Waals surface area contributed by atoms with Crippen LogP contribution in [0.25, 0.3) is 11.0 Å². The Balaban J connectivity index is 1.25. The van der Waals surface area contributed by atoms with Gasteiger partial charge in [0.1, 0.15) is 5.82 Å². The maximum Gasteiger partial charge on any atom is 0.228 e. The monoisotopic (exact) mass is 420 g/mol. The second kappa shape index (κ2) is 6.81. The minimum absolute atomic E-state index is 0.0486. The average molecular weight is 421 g/mol. The fourth-order valence-corrected chi connectivity index (χ4v) is 7.92. The van der Waals surface area contributed by atoms with Crippen LogP contribution in [0.3, 0.4) is 0 Å². The molecule has 31 heavy (non-hydrogen) atoms. The van der Waals surface area contributed by atoms with Gasteiger partial charge >= 0.3 is 0 Å². The number of aromatic amines is 1. The first-order chi connectivity index (χ1) is 14.9. The Kier molecular flexibility index (Phi) is 4.25. The number of amides is 2. The average Bonchev–Trinajstić information content (AvgIpc) is 3.16. The van der Waals surface area contributed by atoms with E-state index in [1.807, 2.05) is 18.2 Å².